The van der Waals surface area contributed by atoms with E-state index in [9.17, 15) is 0 Å². The molecule has 0 radical (unpaired) electrons. The van der Waals surface area contributed by atoms with E-state index in [4.69, 9.17) is 10.6 Å². The van der Waals surface area contributed by atoms with E-state index in [0.29, 0.717) is 11.6 Å². The minimum absolute atomic E-state index is 0.198. The molecule has 0 amide bonds. The number of aromatic nitrogens is 2. The van der Waals surface area contributed by atoms with Crippen LogP contribution in [-0.4, -0.2) is 72.1 Å². The predicted octanol–water partition coefficient (Wildman–Crippen LogP) is 0.250. The molecule has 2 fully saturated rings. The second-order valence-electron chi connectivity index (χ2n) is 7.19. The minimum Gasteiger partial charge on any atom is -0.383 e. The average molecular weight is 312 g/mol. The Hall–Kier alpha value is -1.47. The Balaban J connectivity index is 1.38. The lowest BCUT2D eigenvalue weighted by molar-refractivity contribution is 0.0912. The average Bonchev–Trinajstić information content (AvgIpc) is 3.01. The molecular weight excluding hydrogens is 287 g/mol. The van der Waals surface area contributed by atoms with Gasteiger partial charge >= 0.3 is 6.85 Å². The Bertz CT molecular complexity index is 590. The van der Waals surface area contributed by atoms with E-state index in [-0.39, 0.29) is 6.85 Å². The summed E-state index contributed by atoms with van der Waals surface area (Å²) < 4.78 is 0. The number of nitrogens with zero attached hydrogens (tertiary/aromatic N) is 5. The summed E-state index contributed by atoms with van der Waals surface area (Å²) in [6.07, 6.45) is 8.50. The van der Waals surface area contributed by atoms with Gasteiger partial charge in [-0.1, -0.05) is 12.8 Å². The molecule has 1 saturated carbocycles. The number of piperazine rings is 1. The van der Waals surface area contributed by atoms with Gasteiger partial charge in [0.25, 0.3) is 0 Å². The summed E-state index contributed by atoms with van der Waals surface area (Å²) in [5.74, 6) is 1.16. The maximum atomic E-state index is 5.94. The Labute approximate surface area is 138 Å². The van der Waals surface area contributed by atoms with Crippen molar-refractivity contribution in [3.05, 3.63) is 11.9 Å². The van der Waals surface area contributed by atoms with Gasteiger partial charge in [0, 0.05) is 49.6 Å². The fourth-order valence-electron chi connectivity index (χ4n) is 4.33. The van der Waals surface area contributed by atoms with Crippen LogP contribution < -0.4 is 11.3 Å². The summed E-state index contributed by atoms with van der Waals surface area (Å²) in [6, 6.07) is 0.764. The van der Waals surface area contributed by atoms with Crippen LogP contribution in [0.25, 0.3) is 0 Å². The lowest BCUT2D eigenvalue weighted by Crippen LogP contribution is -2.50. The first-order valence-corrected chi connectivity index (χ1v) is 8.78. The predicted molar refractivity (Wildman–Crippen MR) is 94.5 cm³/mol. The molecule has 23 heavy (non-hydrogen) atoms. The third-order valence-corrected chi connectivity index (χ3v) is 5.83. The van der Waals surface area contributed by atoms with Gasteiger partial charge in [0.15, 0.2) is 0 Å². The molecule has 3 heterocycles. The number of hydrogen-bond donors (Lipinski definition) is 1. The van der Waals surface area contributed by atoms with Crippen molar-refractivity contribution in [3.8, 4) is 0 Å². The van der Waals surface area contributed by atoms with E-state index in [2.05, 4.69) is 26.8 Å². The Kier molecular flexibility index (Phi) is 4.07. The van der Waals surface area contributed by atoms with Gasteiger partial charge in [-0.3, -0.25) is 4.90 Å². The molecule has 2 N–H and O–H groups in total. The van der Waals surface area contributed by atoms with Gasteiger partial charge in [0.2, 0.25) is 0 Å². The maximum absolute atomic E-state index is 5.94. The lowest BCUT2D eigenvalue weighted by Gasteiger charge is -2.41. The standard InChI is InChI=1S/C16H25BN6/c1-22-6-8-23(9-7-22)13-4-2-12(3-5-13)17-15-14(10-21-17)16(18)20-11-19-15/h10-13H,2-9H2,1H3,(H2,18,19,20). The van der Waals surface area contributed by atoms with E-state index in [1.54, 1.807) is 6.33 Å². The first-order chi connectivity index (χ1) is 11.2. The summed E-state index contributed by atoms with van der Waals surface area (Å²) in [6.45, 7) is 5.05. The first kappa shape index (κ1) is 15.1. The molecule has 3 aliphatic rings. The topological polar surface area (TPSA) is 70.6 Å². The van der Waals surface area contributed by atoms with Crippen LogP contribution in [0.1, 0.15) is 31.2 Å². The summed E-state index contributed by atoms with van der Waals surface area (Å²) in [7, 11) is 2.22. The smallest absolute Gasteiger partial charge is 0.335 e. The molecule has 1 aromatic rings. The summed E-state index contributed by atoms with van der Waals surface area (Å²) in [5.41, 5.74) is 7.93. The normalized spacial score (nSPS) is 29.0. The molecule has 6 nitrogen and oxygen atoms in total. The molecule has 2 aliphatic heterocycles. The van der Waals surface area contributed by atoms with Crippen molar-refractivity contribution in [2.75, 3.05) is 39.0 Å². The molecule has 122 valence electrons. The van der Waals surface area contributed by atoms with Crippen molar-refractivity contribution in [1.82, 2.24) is 19.8 Å². The molecule has 0 spiro atoms. The van der Waals surface area contributed by atoms with Crippen LogP contribution in [-0.2, 0) is 0 Å². The Morgan fingerprint density at radius 3 is 2.57 bits per heavy atom. The van der Waals surface area contributed by atoms with E-state index >= 15 is 0 Å². The second kappa shape index (κ2) is 6.21. The Morgan fingerprint density at radius 1 is 1.09 bits per heavy atom. The van der Waals surface area contributed by atoms with E-state index < -0.39 is 0 Å². The number of likely N-dealkylation sites (N-methyl/N-ethyl adjacent to an activating group) is 1. The Morgan fingerprint density at radius 2 is 1.83 bits per heavy atom. The van der Waals surface area contributed by atoms with E-state index in [1.165, 1.54) is 51.9 Å². The molecule has 4 rings (SSSR count). The quantitative estimate of drug-likeness (QED) is 0.793. The van der Waals surface area contributed by atoms with Gasteiger partial charge in [-0.05, 0) is 25.7 Å². The molecule has 0 bridgehead atoms. The molecule has 0 atom stereocenters. The van der Waals surface area contributed by atoms with Gasteiger partial charge in [-0.2, -0.15) is 0 Å². The number of rotatable bonds is 2. The largest absolute Gasteiger partial charge is 0.383 e. The molecule has 1 aromatic heterocycles. The number of fused-ring (bicyclic) bond motifs is 1. The fraction of sp³-hybridized carbons (Fsp3) is 0.688. The highest BCUT2D eigenvalue weighted by Gasteiger charge is 2.38. The number of hydrogen-bond acceptors (Lipinski definition) is 6. The van der Waals surface area contributed by atoms with Gasteiger partial charge in [-0.25, -0.2) is 9.97 Å². The highest BCUT2D eigenvalue weighted by atomic mass is 15.3. The van der Waals surface area contributed by atoms with Crippen molar-refractivity contribution in [1.29, 1.82) is 0 Å². The van der Waals surface area contributed by atoms with Crippen molar-refractivity contribution < 1.29 is 0 Å². The number of nitrogens with two attached hydrogens (primary N) is 1. The third-order valence-electron chi connectivity index (χ3n) is 5.83. The van der Waals surface area contributed by atoms with Crippen molar-refractivity contribution in [3.63, 3.8) is 0 Å². The monoisotopic (exact) mass is 312 g/mol. The second-order valence-corrected chi connectivity index (χ2v) is 7.19. The van der Waals surface area contributed by atoms with Gasteiger partial charge in [0.05, 0.1) is 0 Å². The molecule has 0 unspecified atom stereocenters. The van der Waals surface area contributed by atoms with Crippen molar-refractivity contribution in [2.24, 2.45) is 4.90 Å². The van der Waals surface area contributed by atoms with Crippen LogP contribution in [0.5, 0.6) is 0 Å². The third kappa shape index (κ3) is 2.88. The molecule has 0 aromatic carbocycles. The SMILES string of the molecule is CN1CCN(C2CCC(B3N=Cc4c(N)ncnc43)CC2)CC1. The van der Waals surface area contributed by atoms with Crippen LogP contribution in [0.15, 0.2) is 11.2 Å². The minimum atomic E-state index is 0.198. The highest BCUT2D eigenvalue weighted by molar-refractivity contribution is 6.76. The molecule has 1 saturated heterocycles. The zero-order chi connectivity index (χ0) is 15.8. The van der Waals surface area contributed by atoms with Crippen molar-refractivity contribution >= 4 is 24.5 Å². The van der Waals surface area contributed by atoms with Crippen LogP contribution >= 0.6 is 0 Å². The van der Waals surface area contributed by atoms with Crippen molar-refractivity contribution in [2.45, 2.75) is 37.5 Å². The van der Waals surface area contributed by atoms with E-state index in [0.717, 1.165) is 17.2 Å². The maximum Gasteiger partial charge on any atom is 0.335 e. The summed E-state index contributed by atoms with van der Waals surface area (Å²) in [4.78, 5) is 18.4. The zero-order valence-corrected chi connectivity index (χ0v) is 13.9. The molecular formula is C16H25BN6. The lowest BCUT2D eigenvalue weighted by atomic mass is 9.46. The van der Waals surface area contributed by atoms with Gasteiger partial charge < -0.3 is 15.5 Å². The van der Waals surface area contributed by atoms with Crippen LogP contribution in [0.2, 0.25) is 5.82 Å². The summed E-state index contributed by atoms with van der Waals surface area (Å²) in [5, 5.41) is 0. The van der Waals surface area contributed by atoms with Crippen LogP contribution in [0.4, 0.5) is 5.82 Å². The fourth-order valence-corrected chi connectivity index (χ4v) is 4.33. The first-order valence-electron chi connectivity index (χ1n) is 8.78. The number of nitrogen functional groups attached to an aromatic ring is 1. The molecule has 7 heteroatoms. The van der Waals surface area contributed by atoms with Gasteiger partial charge in [-0.15, -0.1) is 0 Å². The molecule has 1 aliphatic carbocycles. The number of anilines is 1. The van der Waals surface area contributed by atoms with Crippen LogP contribution in [0, 0.1) is 0 Å². The van der Waals surface area contributed by atoms with Crippen LogP contribution in [0.3, 0.4) is 0 Å². The van der Waals surface area contributed by atoms with E-state index in [1.807, 2.05) is 6.21 Å². The summed E-state index contributed by atoms with van der Waals surface area (Å²) >= 11 is 0. The van der Waals surface area contributed by atoms with Gasteiger partial charge in [0.1, 0.15) is 12.1 Å². The zero-order valence-electron chi connectivity index (χ0n) is 13.9. The highest BCUT2D eigenvalue weighted by Crippen LogP contribution is 2.35.